The van der Waals surface area contributed by atoms with Crippen molar-refractivity contribution < 1.29 is 28.2 Å². The average molecular weight is 224 g/mol. The van der Waals surface area contributed by atoms with E-state index in [0.29, 0.717) is 0 Å². The van der Waals surface area contributed by atoms with Crippen LogP contribution in [0.1, 0.15) is 12.2 Å². The van der Waals surface area contributed by atoms with Crippen molar-refractivity contribution >= 4 is 5.97 Å². The number of nitrogens with one attached hydrogen (secondary N) is 1. The summed E-state index contributed by atoms with van der Waals surface area (Å²) in [6, 6.07) is 0. The van der Waals surface area contributed by atoms with Gasteiger partial charge in [-0.15, -0.1) is 0 Å². The van der Waals surface area contributed by atoms with E-state index < -0.39 is 30.0 Å². The monoisotopic (exact) mass is 224 g/mol. The molecular formula is C7H7F3N2O3. The fourth-order valence-electron chi connectivity index (χ4n) is 1.03. The molecule has 0 aliphatic carbocycles. The van der Waals surface area contributed by atoms with E-state index in [1.807, 2.05) is 4.98 Å². The van der Waals surface area contributed by atoms with E-state index in [1.54, 1.807) is 0 Å². The van der Waals surface area contributed by atoms with Crippen molar-refractivity contribution in [2.45, 2.75) is 18.2 Å². The van der Waals surface area contributed by atoms with Gasteiger partial charge in [-0.3, -0.25) is 4.79 Å². The molecule has 15 heavy (non-hydrogen) atoms. The summed E-state index contributed by atoms with van der Waals surface area (Å²) in [6.07, 6.45) is -4.55. The van der Waals surface area contributed by atoms with Crippen molar-refractivity contribution in [2.24, 2.45) is 0 Å². The normalized spacial score (nSPS) is 16.0. The van der Waals surface area contributed by atoms with Gasteiger partial charge in [0.25, 0.3) is 0 Å². The summed E-state index contributed by atoms with van der Waals surface area (Å²) in [5, 5.41) is 17.6. The number of carboxylic acid groups (broad SMARTS) is 1. The number of nitrogens with zero attached hydrogens (tertiary/aromatic N) is 1. The Kier molecular flexibility index (Phi) is 2.71. The number of imidazole rings is 1. The first-order valence-corrected chi connectivity index (χ1v) is 3.78. The van der Waals surface area contributed by atoms with Crippen LogP contribution >= 0.6 is 0 Å². The highest BCUT2D eigenvalue weighted by Gasteiger charge is 2.58. The molecule has 0 aliphatic rings. The molecule has 0 bridgehead atoms. The molecule has 1 heterocycles. The summed E-state index contributed by atoms with van der Waals surface area (Å²) in [7, 11) is 0. The van der Waals surface area contributed by atoms with Gasteiger partial charge < -0.3 is 15.2 Å². The molecule has 3 N–H and O–H groups in total. The summed E-state index contributed by atoms with van der Waals surface area (Å²) >= 11 is 0. The molecule has 1 aromatic rings. The SMILES string of the molecule is O=C(O)CC(O)(c1ncc[nH]1)C(F)(F)F. The maximum atomic E-state index is 12.5. The van der Waals surface area contributed by atoms with Crippen LogP contribution in [0.5, 0.6) is 0 Å². The molecule has 1 unspecified atom stereocenters. The Bertz CT molecular complexity index is 349. The lowest BCUT2D eigenvalue weighted by Crippen LogP contribution is -2.45. The Hall–Kier alpha value is -1.57. The second kappa shape index (κ2) is 3.54. The summed E-state index contributed by atoms with van der Waals surface area (Å²) in [5.74, 6) is -2.61. The first-order chi connectivity index (χ1) is 6.77. The largest absolute Gasteiger partial charge is 0.481 e. The van der Waals surface area contributed by atoms with Gasteiger partial charge in [-0.25, -0.2) is 4.98 Å². The van der Waals surface area contributed by atoms with Gasteiger partial charge in [0.05, 0.1) is 6.42 Å². The molecule has 1 atom stereocenters. The van der Waals surface area contributed by atoms with Crippen LogP contribution in [-0.2, 0) is 10.4 Å². The average Bonchev–Trinajstić information content (AvgIpc) is 2.51. The zero-order chi connectivity index (χ0) is 11.7. The molecular weight excluding hydrogens is 217 g/mol. The Morgan fingerprint density at radius 3 is 2.47 bits per heavy atom. The van der Waals surface area contributed by atoms with Crippen molar-refractivity contribution in [1.82, 2.24) is 9.97 Å². The molecule has 0 aromatic carbocycles. The van der Waals surface area contributed by atoms with Crippen LogP contribution in [0.25, 0.3) is 0 Å². The van der Waals surface area contributed by atoms with Gasteiger partial charge in [-0.2, -0.15) is 13.2 Å². The van der Waals surface area contributed by atoms with Crippen LogP contribution in [0, 0.1) is 0 Å². The van der Waals surface area contributed by atoms with Gasteiger partial charge >= 0.3 is 12.1 Å². The number of aromatic nitrogens is 2. The Morgan fingerprint density at radius 2 is 2.13 bits per heavy atom. The summed E-state index contributed by atoms with van der Waals surface area (Å²) in [5.41, 5.74) is -3.48. The van der Waals surface area contributed by atoms with E-state index in [-0.39, 0.29) is 0 Å². The second-order valence-electron chi connectivity index (χ2n) is 2.87. The van der Waals surface area contributed by atoms with Crippen LogP contribution in [0.4, 0.5) is 13.2 Å². The minimum atomic E-state index is -5.11. The van der Waals surface area contributed by atoms with Crippen molar-refractivity contribution in [3.63, 3.8) is 0 Å². The van der Waals surface area contributed by atoms with Gasteiger partial charge in [0.15, 0.2) is 0 Å². The molecule has 0 saturated heterocycles. The van der Waals surface area contributed by atoms with Crippen molar-refractivity contribution in [3.05, 3.63) is 18.2 Å². The van der Waals surface area contributed by atoms with Crippen LogP contribution in [0.15, 0.2) is 12.4 Å². The highest BCUT2D eigenvalue weighted by atomic mass is 19.4. The zero-order valence-electron chi connectivity index (χ0n) is 7.25. The Balaban J connectivity index is 3.13. The minimum Gasteiger partial charge on any atom is -0.481 e. The van der Waals surface area contributed by atoms with E-state index in [2.05, 4.69) is 4.98 Å². The molecule has 0 saturated carbocycles. The number of carboxylic acids is 1. The number of carbonyl (C=O) groups is 1. The van der Waals surface area contributed by atoms with Crippen molar-refractivity contribution in [3.8, 4) is 0 Å². The number of aliphatic hydroxyl groups is 1. The van der Waals surface area contributed by atoms with Gasteiger partial charge in [0.2, 0.25) is 5.60 Å². The summed E-state index contributed by atoms with van der Waals surface area (Å²) in [6.45, 7) is 0. The van der Waals surface area contributed by atoms with E-state index in [0.717, 1.165) is 12.4 Å². The Labute approximate surface area is 81.6 Å². The number of rotatable bonds is 3. The number of aliphatic carboxylic acids is 1. The van der Waals surface area contributed by atoms with Crippen molar-refractivity contribution in [1.29, 1.82) is 0 Å². The van der Waals surface area contributed by atoms with Gasteiger partial charge in [0, 0.05) is 12.4 Å². The van der Waals surface area contributed by atoms with Crippen LogP contribution in [-0.4, -0.2) is 32.3 Å². The van der Waals surface area contributed by atoms with Crippen LogP contribution in [0.2, 0.25) is 0 Å². The number of H-pyrrole nitrogens is 1. The number of halogens is 3. The lowest BCUT2D eigenvalue weighted by molar-refractivity contribution is -0.271. The molecule has 8 heteroatoms. The van der Waals surface area contributed by atoms with Gasteiger partial charge in [-0.1, -0.05) is 0 Å². The minimum absolute atomic E-state index is 0.836. The van der Waals surface area contributed by atoms with E-state index >= 15 is 0 Å². The lowest BCUT2D eigenvalue weighted by atomic mass is 9.98. The zero-order valence-corrected chi connectivity index (χ0v) is 7.25. The molecule has 5 nitrogen and oxygen atoms in total. The fourth-order valence-corrected chi connectivity index (χ4v) is 1.03. The molecule has 0 aliphatic heterocycles. The molecule has 1 rings (SSSR count). The van der Waals surface area contributed by atoms with Crippen LogP contribution < -0.4 is 0 Å². The maximum absolute atomic E-state index is 12.5. The molecule has 0 spiro atoms. The summed E-state index contributed by atoms with van der Waals surface area (Å²) in [4.78, 5) is 15.5. The molecule has 0 amide bonds. The highest BCUT2D eigenvalue weighted by molar-refractivity contribution is 5.68. The van der Waals surface area contributed by atoms with E-state index in [1.165, 1.54) is 0 Å². The number of aromatic amines is 1. The molecule has 1 aromatic heterocycles. The first-order valence-electron chi connectivity index (χ1n) is 3.78. The third-order valence-electron chi connectivity index (χ3n) is 1.77. The Morgan fingerprint density at radius 1 is 1.53 bits per heavy atom. The quantitative estimate of drug-likeness (QED) is 0.702. The predicted octanol–water partition coefficient (Wildman–Crippen LogP) is 0.634. The highest BCUT2D eigenvalue weighted by Crippen LogP contribution is 2.39. The predicted molar refractivity (Wildman–Crippen MR) is 40.8 cm³/mol. The molecule has 84 valence electrons. The maximum Gasteiger partial charge on any atom is 0.425 e. The number of alkyl halides is 3. The number of hydrogen-bond acceptors (Lipinski definition) is 3. The lowest BCUT2D eigenvalue weighted by Gasteiger charge is -2.26. The number of hydrogen-bond donors (Lipinski definition) is 3. The fraction of sp³-hybridized carbons (Fsp3) is 0.429. The van der Waals surface area contributed by atoms with Crippen molar-refractivity contribution in [2.75, 3.05) is 0 Å². The molecule has 0 fully saturated rings. The van der Waals surface area contributed by atoms with Gasteiger partial charge in [-0.05, 0) is 0 Å². The first kappa shape index (κ1) is 11.5. The topological polar surface area (TPSA) is 86.2 Å². The third kappa shape index (κ3) is 2.09. The smallest absolute Gasteiger partial charge is 0.425 e. The standard InChI is InChI=1S/C7H7F3N2O3/c8-7(9,10)6(15,3-4(13)14)5-11-1-2-12-5/h1-2,15H,3H2,(H,11,12)(H,13,14). The van der Waals surface area contributed by atoms with Gasteiger partial charge in [0.1, 0.15) is 5.82 Å². The van der Waals surface area contributed by atoms with E-state index in [4.69, 9.17) is 5.11 Å². The third-order valence-corrected chi connectivity index (χ3v) is 1.77. The van der Waals surface area contributed by atoms with E-state index in [9.17, 15) is 23.1 Å². The summed E-state index contributed by atoms with van der Waals surface area (Å²) < 4.78 is 37.4. The second-order valence-corrected chi connectivity index (χ2v) is 2.87. The molecule has 0 radical (unpaired) electrons. The van der Waals surface area contributed by atoms with Crippen LogP contribution in [0.3, 0.4) is 0 Å².